The number of nitriles is 2. The average Bonchev–Trinajstić information content (AvgIpc) is 3.54. The van der Waals surface area contributed by atoms with E-state index in [2.05, 4.69) is 11.4 Å². The molecule has 2 atom stereocenters. The van der Waals surface area contributed by atoms with Gasteiger partial charge in [-0.1, -0.05) is 18.2 Å². The van der Waals surface area contributed by atoms with Gasteiger partial charge in [-0.05, 0) is 60.7 Å². The monoisotopic (exact) mass is 470 g/mol. The number of amides is 2. The maximum Gasteiger partial charge on any atom is 0.254 e. The van der Waals surface area contributed by atoms with E-state index in [-0.39, 0.29) is 17.4 Å². The summed E-state index contributed by atoms with van der Waals surface area (Å²) in [6.45, 7) is 0.538. The van der Waals surface area contributed by atoms with Crippen LogP contribution in [0.15, 0.2) is 54.6 Å². The summed E-state index contributed by atoms with van der Waals surface area (Å²) in [6.07, 6.45) is 2.07. The van der Waals surface area contributed by atoms with E-state index in [0.29, 0.717) is 34.2 Å². The van der Waals surface area contributed by atoms with E-state index in [1.54, 1.807) is 47.4 Å². The number of nitrogens with one attached hydrogen (secondary N) is 1. The maximum absolute atomic E-state index is 13.8. The van der Waals surface area contributed by atoms with E-state index < -0.39 is 17.8 Å². The topological polar surface area (TPSA) is 97.0 Å². The molecular formula is C26H19FN4O2S. The Morgan fingerprint density at radius 1 is 1.12 bits per heavy atom. The molecule has 1 N–H and O–H groups in total. The molecule has 1 aliphatic heterocycles. The SMILES string of the molecule is N#Cc1ccc([C@@H]2[C@@H](C(=O)Nc3ccc(F)c(C#N)c3)c3ccccc3C(=O)N2CC2CC2)s1. The van der Waals surface area contributed by atoms with Crippen LogP contribution >= 0.6 is 11.3 Å². The van der Waals surface area contributed by atoms with Crippen molar-refractivity contribution in [2.45, 2.75) is 24.8 Å². The Hall–Kier alpha value is -4.01. The molecule has 2 aromatic carbocycles. The Bertz CT molecular complexity index is 1380. The summed E-state index contributed by atoms with van der Waals surface area (Å²) in [5.74, 6) is -1.50. The van der Waals surface area contributed by atoms with Gasteiger partial charge in [0.25, 0.3) is 5.91 Å². The van der Waals surface area contributed by atoms with Gasteiger partial charge < -0.3 is 10.2 Å². The summed E-state index contributed by atoms with van der Waals surface area (Å²) in [5.41, 5.74) is 1.22. The fourth-order valence-electron chi connectivity index (χ4n) is 4.45. The Labute approximate surface area is 199 Å². The molecule has 0 saturated heterocycles. The zero-order valence-corrected chi connectivity index (χ0v) is 18.8. The highest BCUT2D eigenvalue weighted by Gasteiger charge is 2.46. The number of thiophene rings is 1. The minimum atomic E-state index is -0.742. The number of benzene rings is 2. The van der Waals surface area contributed by atoms with Crippen LogP contribution in [0.4, 0.5) is 10.1 Å². The number of hydrogen-bond donors (Lipinski definition) is 1. The number of halogens is 1. The maximum atomic E-state index is 13.8. The van der Waals surface area contributed by atoms with Crippen molar-refractivity contribution in [1.29, 1.82) is 10.5 Å². The molecule has 0 spiro atoms. The number of carbonyl (C=O) groups is 2. The molecule has 1 aromatic heterocycles. The molecule has 0 bridgehead atoms. The average molecular weight is 471 g/mol. The second-order valence-corrected chi connectivity index (χ2v) is 9.64. The van der Waals surface area contributed by atoms with Crippen LogP contribution in [0.25, 0.3) is 0 Å². The van der Waals surface area contributed by atoms with Crippen molar-refractivity contribution < 1.29 is 14.0 Å². The van der Waals surface area contributed by atoms with E-state index >= 15 is 0 Å². The summed E-state index contributed by atoms with van der Waals surface area (Å²) < 4.78 is 13.8. The van der Waals surface area contributed by atoms with Gasteiger partial charge in [-0.25, -0.2) is 4.39 Å². The van der Waals surface area contributed by atoms with Gasteiger partial charge in [0, 0.05) is 22.7 Å². The van der Waals surface area contributed by atoms with Crippen LogP contribution in [-0.2, 0) is 4.79 Å². The summed E-state index contributed by atoms with van der Waals surface area (Å²) in [4.78, 5) is 30.3. The van der Waals surface area contributed by atoms with Crippen LogP contribution in [0.5, 0.6) is 0 Å². The van der Waals surface area contributed by atoms with Gasteiger partial charge in [0.05, 0.1) is 17.5 Å². The first-order valence-electron chi connectivity index (χ1n) is 10.9. The van der Waals surface area contributed by atoms with Crippen LogP contribution in [-0.4, -0.2) is 23.3 Å². The summed E-state index contributed by atoms with van der Waals surface area (Å²) in [7, 11) is 0. The highest BCUT2D eigenvalue weighted by Crippen LogP contribution is 2.47. The van der Waals surface area contributed by atoms with Gasteiger partial charge in [0.15, 0.2) is 0 Å². The number of fused-ring (bicyclic) bond motifs is 1. The highest BCUT2D eigenvalue weighted by molar-refractivity contribution is 7.12. The number of anilines is 1. The first-order chi connectivity index (χ1) is 16.5. The molecule has 6 nitrogen and oxygen atoms in total. The smallest absolute Gasteiger partial charge is 0.254 e. The molecular weight excluding hydrogens is 451 g/mol. The van der Waals surface area contributed by atoms with E-state index in [4.69, 9.17) is 5.26 Å². The minimum absolute atomic E-state index is 0.128. The van der Waals surface area contributed by atoms with E-state index in [0.717, 1.165) is 23.8 Å². The van der Waals surface area contributed by atoms with E-state index in [9.17, 15) is 19.2 Å². The van der Waals surface area contributed by atoms with Crippen molar-refractivity contribution in [1.82, 2.24) is 4.90 Å². The predicted molar refractivity (Wildman–Crippen MR) is 124 cm³/mol. The summed E-state index contributed by atoms with van der Waals surface area (Å²) >= 11 is 1.28. The van der Waals surface area contributed by atoms with Crippen molar-refractivity contribution >= 4 is 28.8 Å². The Balaban J connectivity index is 1.60. The number of carbonyl (C=O) groups excluding carboxylic acids is 2. The van der Waals surface area contributed by atoms with Crippen molar-refractivity contribution in [3.8, 4) is 12.1 Å². The lowest BCUT2D eigenvalue weighted by atomic mass is 9.81. The van der Waals surface area contributed by atoms with Gasteiger partial charge in [0.1, 0.15) is 22.8 Å². The molecule has 2 aliphatic rings. The number of rotatable bonds is 5. The fourth-order valence-corrected chi connectivity index (χ4v) is 5.41. The lowest BCUT2D eigenvalue weighted by molar-refractivity contribution is -0.119. The van der Waals surface area contributed by atoms with E-state index in [1.807, 2.05) is 0 Å². The standard InChI is InChI=1S/C26H19FN4O2S/c27-21-9-7-17(11-16(21)12-28)30-25(32)23-19-3-1-2-4-20(19)26(33)31(14-15-5-6-15)24(23)22-10-8-18(13-29)34-22/h1-4,7-11,15,23-24H,5-6,14H2,(H,30,32)/t23-,24+/m0/s1. The van der Waals surface area contributed by atoms with Crippen molar-refractivity contribution in [2.75, 3.05) is 11.9 Å². The van der Waals surface area contributed by atoms with Gasteiger partial charge in [-0.15, -0.1) is 11.3 Å². The quantitative estimate of drug-likeness (QED) is 0.570. The molecule has 1 saturated carbocycles. The molecule has 0 radical (unpaired) electrons. The lowest BCUT2D eigenvalue weighted by Gasteiger charge is -2.41. The lowest BCUT2D eigenvalue weighted by Crippen LogP contribution is -2.46. The molecule has 0 unspecified atom stereocenters. The van der Waals surface area contributed by atoms with Crippen molar-refractivity contribution in [3.63, 3.8) is 0 Å². The zero-order valence-electron chi connectivity index (χ0n) is 18.0. The Morgan fingerprint density at radius 2 is 1.91 bits per heavy atom. The first-order valence-corrected chi connectivity index (χ1v) is 11.7. The molecule has 2 heterocycles. The van der Waals surface area contributed by atoms with Gasteiger partial charge >= 0.3 is 0 Å². The second kappa shape index (κ2) is 8.74. The molecule has 8 heteroatoms. The fraction of sp³-hybridized carbons (Fsp3) is 0.231. The summed E-state index contributed by atoms with van der Waals surface area (Å²) in [5, 5.41) is 21.3. The predicted octanol–water partition coefficient (Wildman–Crippen LogP) is 4.96. The van der Waals surface area contributed by atoms with Crippen LogP contribution in [0.3, 0.4) is 0 Å². The van der Waals surface area contributed by atoms with Gasteiger partial charge in [0.2, 0.25) is 5.91 Å². The number of hydrogen-bond acceptors (Lipinski definition) is 5. The van der Waals surface area contributed by atoms with Gasteiger partial charge in [-0.2, -0.15) is 10.5 Å². The molecule has 1 fully saturated rings. The van der Waals surface area contributed by atoms with E-state index in [1.165, 1.54) is 23.5 Å². The van der Waals surface area contributed by atoms with Crippen molar-refractivity contribution in [3.05, 3.63) is 86.9 Å². The molecule has 2 amide bonds. The molecule has 1 aliphatic carbocycles. The third-order valence-corrected chi connectivity index (χ3v) is 7.32. The van der Waals surface area contributed by atoms with Gasteiger partial charge in [-0.3, -0.25) is 9.59 Å². The number of nitrogens with zero attached hydrogens (tertiary/aromatic N) is 3. The normalized spacial score (nSPS) is 19.1. The largest absolute Gasteiger partial charge is 0.329 e. The van der Waals surface area contributed by atoms with Crippen LogP contribution in [0, 0.1) is 34.4 Å². The minimum Gasteiger partial charge on any atom is -0.329 e. The third-order valence-electron chi connectivity index (χ3n) is 6.26. The molecule has 3 aromatic rings. The highest BCUT2D eigenvalue weighted by atomic mass is 32.1. The van der Waals surface area contributed by atoms with Crippen LogP contribution in [0.2, 0.25) is 0 Å². The second-order valence-electron chi connectivity index (χ2n) is 8.52. The molecule has 5 rings (SSSR count). The van der Waals surface area contributed by atoms with Crippen LogP contribution < -0.4 is 5.32 Å². The van der Waals surface area contributed by atoms with Crippen molar-refractivity contribution in [2.24, 2.45) is 5.92 Å². The zero-order chi connectivity index (χ0) is 23.8. The Morgan fingerprint density at radius 3 is 2.62 bits per heavy atom. The summed E-state index contributed by atoms with van der Waals surface area (Å²) in [6, 6.07) is 17.8. The Kier molecular flexibility index (Phi) is 5.61. The first kappa shape index (κ1) is 21.8. The third kappa shape index (κ3) is 3.93. The molecule has 168 valence electrons. The van der Waals surface area contributed by atoms with Crippen LogP contribution in [0.1, 0.15) is 56.0 Å². The molecule has 34 heavy (non-hydrogen) atoms.